The minimum Gasteiger partial charge on any atom is -0.502 e. The van der Waals surface area contributed by atoms with Crippen molar-refractivity contribution in [3.8, 4) is 22.8 Å². The molecule has 134 valence electrons. The summed E-state index contributed by atoms with van der Waals surface area (Å²) in [5.41, 5.74) is 1.50. The van der Waals surface area contributed by atoms with E-state index >= 15 is 0 Å². The zero-order valence-corrected chi connectivity index (χ0v) is 17.2. The van der Waals surface area contributed by atoms with Crippen molar-refractivity contribution >= 4 is 42.8 Å². The van der Waals surface area contributed by atoms with Gasteiger partial charge in [-0.25, -0.2) is 0 Å². The van der Waals surface area contributed by atoms with E-state index in [9.17, 15) is 9.90 Å². The molecule has 1 heterocycles. The van der Waals surface area contributed by atoms with Gasteiger partial charge in [0.05, 0.1) is 12.0 Å². The molecular formula is C20H16Br2O4. The highest BCUT2D eigenvalue weighted by atomic mass is 79.9. The van der Waals surface area contributed by atoms with E-state index in [-0.39, 0.29) is 5.76 Å². The summed E-state index contributed by atoms with van der Waals surface area (Å²) in [7, 11) is 0. The first kappa shape index (κ1) is 18.7. The van der Waals surface area contributed by atoms with Crippen LogP contribution in [0.5, 0.6) is 11.5 Å². The van der Waals surface area contributed by atoms with Crippen molar-refractivity contribution in [2.24, 2.45) is 0 Å². The number of fused-ring (bicyclic) bond motifs is 1. The molecule has 0 radical (unpaired) electrons. The number of rotatable bonds is 5. The van der Waals surface area contributed by atoms with Crippen molar-refractivity contribution in [3.05, 3.63) is 67.7 Å². The molecule has 1 aromatic heterocycles. The Hall–Kier alpha value is -2.05. The van der Waals surface area contributed by atoms with Crippen LogP contribution in [0.2, 0.25) is 0 Å². The van der Waals surface area contributed by atoms with Gasteiger partial charge in [0.2, 0.25) is 11.2 Å². The van der Waals surface area contributed by atoms with E-state index < -0.39 is 11.2 Å². The Morgan fingerprint density at radius 1 is 1.19 bits per heavy atom. The predicted octanol–water partition coefficient (Wildman–Crippen LogP) is 6.04. The van der Waals surface area contributed by atoms with E-state index in [1.165, 1.54) is 0 Å². The molecule has 1 N–H and O–H groups in total. The Bertz CT molecular complexity index is 1050. The van der Waals surface area contributed by atoms with E-state index in [2.05, 4.69) is 38.4 Å². The monoisotopic (exact) mass is 478 g/mol. The van der Waals surface area contributed by atoms with Crippen molar-refractivity contribution in [1.29, 1.82) is 0 Å². The maximum Gasteiger partial charge on any atom is 0.235 e. The van der Waals surface area contributed by atoms with Crippen LogP contribution in [0.15, 0.2) is 66.7 Å². The number of halogens is 2. The quantitative estimate of drug-likeness (QED) is 0.453. The summed E-state index contributed by atoms with van der Waals surface area (Å²) in [6, 6.07) is 10.3. The maximum absolute atomic E-state index is 12.5. The summed E-state index contributed by atoms with van der Waals surface area (Å²) in [6.07, 6.45) is 0.746. The second-order valence-corrected chi connectivity index (χ2v) is 7.66. The highest BCUT2D eigenvalue weighted by Gasteiger charge is 2.16. The fourth-order valence-electron chi connectivity index (χ4n) is 2.43. The lowest BCUT2D eigenvalue weighted by Crippen LogP contribution is -2.03. The molecular weight excluding hydrogens is 464 g/mol. The van der Waals surface area contributed by atoms with Gasteiger partial charge in [-0.05, 0) is 69.1 Å². The zero-order valence-electron chi connectivity index (χ0n) is 14.0. The van der Waals surface area contributed by atoms with E-state index in [1.54, 1.807) is 36.4 Å². The fraction of sp³-hybridized carbons (Fsp3) is 0.150. The second-order valence-electron chi connectivity index (χ2n) is 5.95. The van der Waals surface area contributed by atoms with Crippen LogP contribution >= 0.6 is 31.9 Å². The van der Waals surface area contributed by atoms with E-state index in [1.807, 2.05) is 6.92 Å². The van der Waals surface area contributed by atoms with Crippen LogP contribution in [0.3, 0.4) is 0 Å². The Morgan fingerprint density at radius 3 is 2.65 bits per heavy atom. The van der Waals surface area contributed by atoms with Crippen LogP contribution in [0.4, 0.5) is 0 Å². The molecule has 3 rings (SSSR count). The van der Waals surface area contributed by atoms with E-state index in [4.69, 9.17) is 9.15 Å². The van der Waals surface area contributed by atoms with Crippen LogP contribution in [0, 0.1) is 0 Å². The topological polar surface area (TPSA) is 59.7 Å². The molecule has 0 amide bonds. The summed E-state index contributed by atoms with van der Waals surface area (Å²) < 4.78 is 13.2. The Morgan fingerprint density at radius 2 is 1.96 bits per heavy atom. The second kappa shape index (κ2) is 7.68. The lowest BCUT2D eigenvalue weighted by atomic mass is 10.1. The van der Waals surface area contributed by atoms with Crippen LogP contribution < -0.4 is 10.2 Å². The number of hydrogen-bond acceptors (Lipinski definition) is 4. The van der Waals surface area contributed by atoms with Gasteiger partial charge in [-0.15, -0.1) is 6.58 Å². The molecule has 6 heteroatoms. The van der Waals surface area contributed by atoms with Crippen molar-refractivity contribution < 1.29 is 14.3 Å². The average molecular weight is 480 g/mol. The normalized spacial score (nSPS) is 10.9. The lowest BCUT2D eigenvalue weighted by Gasteiger charge is -2.09. The summed E-state index contributed by atoms with van der Waals surface area (Å²) >= 11 is 6.81. The van der Waals surface area contributed by atoms with Crippen LogP contribution in [-0.4, -0.2) is 11.7 Å². The Labute approximate surface area is 167 Å². The first-order valence-corrected chi connectivity index (χ1v) is 9.48. The molecule has 0 aliphatic carbocycles. The summed E-state index contributed by atoms with van der Waals surface area (Å²) in [5.74, 6) is 0.299. The fourth-order valence-corrected chi connectivity index (χ4v) is 3.05. The molecule has 0 saturated carbocycles. The highest BCUT2D eigenvalue weighted by Crippen LogP contribution is 2.34. The SMILES string of the molecule is C=C(C)CCOc1ccc2c(=O)c(O)c(-c3ccc(Br)c(Br)c3)oc2c1. The smallest absolute Gasteiger partial charge is 0.235 e. The van der Waals surface area contributed by atoms with Gasteiger partial charge in [0.1, 0.15) is 11.3 Å². The lowest BCUT2D eigenvalue weighted by molar-refractivity contribution is 0.321. The summed E-state index contributed by atoms with van der Waals surface area (Å²) in [4.78, 5) is 12.5. The molecule has 0 bridgehead atoms. The predicted molar refractivity (Wildman–Crippen MR) is 110 cm³/mol. The van der Waals surface area contributed by atoms with E-state index in [0.717, 1.165) is 20.9 Å². The third-order valence-corrected chi connectivity index (χ3v) is 5.70. The van der Waals surface area contributed by atoms with Crippen molar-refractivity contribution in [1.82, 2.24) is 0 Å². The summed E-state index contributed by atoms with van der Waals surface area (Å²) in [5, 5.41) is 10.6. The largest absolute Gasteiger partial charge is 0.502 e. The Balaban J connectivity index is 2.06. The van der Waals surface area contributed by atoms with E-state index in [0.29, 0.717) is 28.9 Å². The third-order valence-electron chi connectivity index (χ3n) is 3.82. The molecule has 0 unspecified atom stereocenters. The van der Waals surface area contributed by atoms with Crippen LogP contribution in [0.1, 0.15) is 13.3 Å². The van der Waals surface area contributed by atoms with Gasteiger partial charge in [0.25, 0.3) is 0 Å². The van der Waals surface area contributed by atoms with Crippen molar-refractivity contribution in [2.75, 3.05) is 6.61 Å². The van der Waals surface area contributed by atoms with Crippen LogP contribution in [0.25, 0.3) is 22.3 Å². The van der Waals surface area contributed by atoms with Gasteiger partial charge in [-0.2, -0.15) is 0 Å². The van der Waals surface area contributed by atoms with Gasteiger partial charge in [-0.1, -0.05) is 5.57 Å². The summed E-state index contributed by atoms with van der Waals surface area (Å²) in [6.45, 7) is 6.28. The number of hydrogen-bond donors (Lipinski definition) is 1. The molecule has 0 atom stereocenters. The van der Waals surface area contributed by atoms with Crippen LogP contribution in [-0.2, 0) is 0 Å². The first-order valence-electron chi connectivity index (χ1n) is 7.89. The molecule has 26 heavy (non-hydrogen) atoms. The van der Waals surface area contributed by atoms with Gasteiger partial charge < -0.3 is 14.3 Å². The maximum atomic E-state index is 12.5. The molecule has 2 aromatic carbocycles. The Kier molecular flexibility index (Phi) is 5.53. The number of benzene rings is 2. The molecule has 0 spiro atoms. The van der Waals surface area contributed by atoms with Crippen molar-refractivity contribution in [2.45, 2.75) is 13.3 Å². The molecule has 3 aromatic rings. The minimum atomic E-state index is -0.478. The molecule has 0 fully saturated rings. The number of ether oxygens (including phenoxy) is 1. The molecule has 4 nitrogen and oxygen atoms in total. The van der Waals surface area contributed by atoms with Gasteiger partial charge in [-0.3, -0.25) is 4.79 Å². The average Bonchev–Trinajstić information content (AvgIpc) is 2.60. The first-order chi connectivity index (χ1) is 12.4. The third kappa shape index (κ3) is 3.86. The molecule has 0 aliphatic rings. The van der Waals surface area contributed by atoms with Gasteiger partial charge in [0.15, 0.2) is 5.76 Å². The molecule has 0 saturated heterocycles. The zero-order chi connectivity index (χ0) is 18.8. The van der Waals surface area contributed by atoms with Gasteiger partial charge >= 0.3 is 0 Å². The van der Waals surface area contributed by atoms with Crippen molar-refractivity contribution in [3.63, 3.8) is 0 Å². The highest BCUT2D eigenvalue weighted by molar-refractivity contribution is 9.13. The standard InChI is InChI=1S/C20H16Br2O4/c1-11(2)7-8-25-13-4-5-14-17(10-13)26-20(19(24)18(14)23)12-3-6-15(21)16(22)9-12/h3-6,9-10,24H,1,7-8H2,2H3. The molecule has 0 aliphatic heterocycles. The van der Waals surface area contributed by atoms with Gasteiger partial charge in [0, 0.05) is 27.0 Å². The minimum absolute atomic E-state index is 0.120. The number of aromatic hydroxyl groups is 1.